The number of rotatable bonds is 9. The number of nitrogens with one attached hydrogen (secondary N) is 1. The fraction of sp³-hybridized carbons (Fsp3) is 0.296. The number of pyridine rings is 1. The van der Waals surface area contributed by atoms with Gasteiger partial charge >= 0.3 is 0 Å². The molecule has 1 saturated heterocycles. The Morgan fingerprint density at radius 3 is 2.63 bits per heavy atom. The molecule has 0 radical (unpaired) electrons. The predicted molar refractivity (Wildman–Crippen MR) is 149 cm³/mol. The molecule has 3 heterocycles. The number of morpholine rings is 1. The van der Waals surface area contributed by atoms with Crippen LogP contribution in [0.1, 0.15) is 18.2 Å². The summed E-state index contributed by atoms with van der Waals surface area (Å²) in [6.45, 7) is 1.78. The first-order valence-electron chi connectivity index (χ1n) is 12.7. The van der Waals surface area contributed by atoms with Crippen molar-refractivity contribution in [1.29, 1.82) is 0 Å². The predicted octanol–water partition coefficient (Wildman–Crippen LogP) is 4.19. The van der Waals surface area contributed by atoms with Crippen LogP contribution in [0, 0.1) is 11.6 Å². The van der Waals surface area contributed by atoms with E-state index in [1.54, 1.807) is 24.4 Å². The van der Waals surface area contributed by atoms with Crippen molar-refractivity contribution in [3.63, 3.8) is 0 Å². The Balaban J connectivity index is 1.67. The zero-order valence-corrected chi connectivity index (χ0v) is 22.8. The average molecular weight is 589 g/mol. The van der Waals surface area contributed by atoms with E-state index in [1.807, 2.05) is 4.90 Å². The molecule has 2 unspecified atom stereocenters. The Bertz CT molecular complexity index is 1590. The van der Waals surface area contributed by atoms with E-state index in [-0.39, 0.29) is 29.8 Å². The molecular formula is C27H27F3N6O4S. The molecule has 1 aliphatic heterocycles. The maximum atomic E-state index is 15.7. The summed E-state index contributed by atoms with van der Waals surface area (Å²) in [7, 11) is 1.42. The van der Waals surface area contributed by atoms with Gasteiger partial charge in [-0.05, 0) is 42.3 Å². The highest BCUT2D eigenvalue weighted by atomic mass is 32.2. The van der Waals surface area contributed by atoms with E-state index in [0.717, 1.165) is 12.1 Å². The number of benzene rings is 2. The maximum Gasteiger partial charge on any atom is 0.231 e. The van der Waals surface area contributed by atoms with Gasteiger partial charge in [0, 0.05) is 42.3 Å². The lowest BCUT2D eigenvalue weighted by molar-refractivity contribution is 0.122. The molecule has 4 N–H and O–H groups in total. The number of alkyl halides is 1. The molecule has 14 heteroatoms. The van der Waals surface area contributed by atoms with E-state index < -0.39 is 34.6 Å². The Labute approximate surface area is 236 Å². The van der Waals surface area contributed by atoms with Gasteiger partial charge in [0.2, 0.25) is 11.3 Å². The van der Waals surface area contributed by atoms with E-state index in [1.165, 1.54) is 13.2 Å². The minimum atomic E-state index is -2.34. The number of methoxy groups -OCH3 is 1. The summed E-state index contributed by atoms with van der Waals surface area (Å²) in [5.41, 5.74) is 6.05. The second kappa shape index (κ2) is 12.3. The second-order valence-electron chi connectivity index (χ2n) is 9.24. The first-order valence-corrected chi connectivity index (χ1v) is 13.8. The van der Waals surface area contributed by atoms with Crippen LogP contribution in [-0.2, 0) is 16.0 Å². The molecule has 0 spiro atoms. The highest BCUT2D eigenvalue weighted by molar-refractivity contribution is 7.77. The van der Waals surface area contributed by atoms with Crippen molar-refractivity contribution < 1.29 is 31.4 Å². The number of hydrogen-bond donors (Lipinski definition) is 3. The largest absolute Gasteiger partial charge is 0.494 e. The minimum absolute atomic E-state index is 0.105. The van der Waals surface area contributed by atoms with Gasteiger partial charge in [-0.25, -0.2) is 37.1 Å². The van der Waals surface area contributed by atoms with Gasteiger partial charge in [-0.1, -0.05) is 6.07 Å². The highest BCUT2D eigenvalue weighted by Gasteiger charge is 2.25. The van der Waals surface area contributed by atoms with Crippen molar-refractivity contribution in [1.82, 2.24) is 19.7 Å². The van der Waals surface area contributed by atoms with E-state index in [4.69, 9.17) is 29.7 Å². The molecule has 2 aromatic carbocycles. The Hall–Kier alpha value is -3.85. The fourth-order valence-electron chi connectivity index (χ4n) is 4.67. The van der Waals surface area contributed by atoms with Crippen LogP contribution in [0.4, 0.5) is 24.8 Å². The number of nitrogens with two attached hydrogens (primary N) is 1. The van der Waals surface area contributed by atoms with Gasteiger partial charge in [0.1, 0.15) is 40.7 Å². The lowest BCUT2D eigenvalue weighted by Crippen LogP contribution is -2.37. The summed E-state index contributed by atoms with van der Waals surface area (Å²) in [4.78, 5) is 15.6. The van der Waals surface area contributed by atoms with E-state index >= 15 is 8.78 Å². The van der Waals surface area contributed by atoms with Crippen LogP contribution in [-0.4, -0.2) is 63.7 Å². The lowest BCUT2D eigenvalue weighted by atomic mass is 9.96. The van der Waals surface area contributed by atoms with Crippen molar-refractivity contribution in [3.8, 4) is 28.3 Å². The summed E-state index contributed by atoms with van der Waals surface area (Å²) < 4.78 is 78.8. The van der Waals surface area contributed by atoms with Crippen LogP contribution < -0.4 is 20.1 Å². The normalized spacial score (nSPS) is 15.2. The van der Waals surface area contributed by atoms with Gasteiger partial charge in [-0.15, -0.1) is 0 Å². The zero-order valence-electron chi connectivity index (χ0n) is 21.9. The molecule has 4 aromatic rings. The standard InChI is InChI=1S/C27H27F3N6O4S/c1-39-21-13-16(23-20(29)4-3-17(24(23)30)19(28)6-7-33-41(37)38)12-18-25(21)34-26(15-2-5-22(31)32-14-15)35-27(18)36-8-10-40-11-9-36/h2-5,12-14,19,33H,6-11H2,1H3,(H2,31,32)(H,37,38). The van der Waals surface area contributed by atoms with Crippen molar-refractivity contribution in [2.24, 2.45) is 0 Å². The first kappa shape index (κ1) is 28.7. The van der Waals surface area contributed by atoms with Crippen LogP contribution in [0.3, 0.4) is 0 Å². The van der Waals surface area contributed by atoms with Crippen LogP contribution in [0.15, 0.2) is 42.6 Å². The molecule has 1 fully saturated rings. The van der Waals surface area contributed by atoms with Crippen molar-refractivity contribution in [3.05, 3.63) is 59.8 Å². The zero-order chi connectivity index (χ0) is 29.1. The van der Waals surface area contributed by atoms with Crippen LogP contribution in [0.25, 0.3) is 33.4 Å². The maximum absolute atomic E-state index is 15.7. The monoisotopic (exact) mass is 588 g/mol. The van der Waals surface area contributed by atoms with Gasteiger partial charge in [0.25, 0.3) is 0 Å². The van der Waals surface area contributed by atoms with Gasteiger partial charge in [-0.2, -0.15) is 0 Å². The molecule has 0 bridgehead atoms. The van der Waals surface area contributed by atoms with Gasteiger partial charge < -0.3 is 20.1 Å². The number of anilines is 2. The van der Waals surface area contributed by atoms with E-state index in [2.05, 4.69) is 9.71 Å². The van der Waals surface area contributed by atoms with Gasteiger partial charge in [0.05, 0.1) is 25.9 Å². The molecule has 5 rings (SSSR count). The third-order valence-corrected chi connectivity index (χ3v) is 7.14. The van der Waals surface area contributed by atoms with E-state index in [9.17, 15) is 8.60 Å². The Morgan fingerprint density at radius 2 is 1.95 bits per heavy atom. The quantitative estimate of drug-likeness (QED) is 0.246. The highest BCUT2D eigenvalue weighted by Crippen LogP contribution is 2.40. The number of hydrogen-bond acceptors (Lipinski definition) is 8. The van der Waals surface area contributed by atoms with Crippen LogP contribution in [0.5, 0.6) is 5.75 Å². The molecular weight excluding hydrogens is 561 g/mol. The number of nitrogens with zero attached hydrogens (tertiary/aromatic N) is 4. The number of halogens is 3. The molecule has 10 nitrogen and oxygen atoms in total. The molecule has 0 aliphatic carbocycles. The summed E-state index contributed by atoms with van der Waals surface area (Å²) in [5, 5.41) is 0.476. The van der Waals surface area contributed by atoms with E-state index in [0.29, 0.717) is 60.2 Å². The molecule has 41 heavy (non-hydrogen) atoms. The minimum Gasteiger partial charge on any atom is -0.494 e. The van der Waals surface area contributed by atoms with Gasteiger partial charge in [0.15, 0.2) is 5.82 Å². The van der Waals surface area contributed by atoms with Crippen molar-refractivity contribution in [2.45, 2.75) is 12.6 Å². The summed E-state index contributed by atoms with van der Waals surface area (Å²) in [6, 6.07) is 8.40. The van der Waals surface area contributed by atoms with Gasteiger partial charge in [-0.3, -0.25) is 4.55 Å². The number of nitrogen functional groups attached to an aromatic ring is 1. The van der Waals surface area contributed by atoms with Crippen LogP contribution >= 0.6 is 0 Å². The number of fused-ring (bicyclic) bond motifs is 1. The molecule has 216 valence electrons. The number of ether oxygens (including phenoxy) is 2. The average Bonchev–Trinajstić information content (AvgIpc) is 2.97. The molecule has 2 aromatic heterocycles. The smallest absolute Gasteiger partial charge is 0.231 e. The molecule has 0 amide bonds. The third-order valence-electron chi connectivity index (χ3n) is 6.69. The second-order valence-corrected chi connectivity index (χ2v) is 10.0. The third kappa shape index (κ3) is 6.10. The molecule has 2 atom stereocenters. The lowest BCUT2D eigenvalue weighted by Gasteiger charge is -2.29. The fourth-order valence-corrected chi connectivity index (χ4v) is 4.96. The summed E-state index contributed by atoms with van der Waals surface area (Å²) in [5.74, 6) is -0.542. The molecule has 0 saturated carbocycles. The first-order chi connectivity index (χ1) is 19.8. The van der Waals surface area contributed by atoms with Crippen molar-refractivity contribution >= 4 is 33.8 Å². The Morgan fingerprint density at radius 1 is 1.17 bits per heavy atom. The van der Waals surface area contributed by atoms with Crippen molar-refractivity contribution in [2.75, 3.05) is 50.6 Å². The summed E-state index contributed by atoms with van der Waals surface area (Å²) in [6.07, 6.45) is -0.596. The Kier molecular flexibility index (Phi) is 8.63. The SMILES string of the molecule is COc1cc(-c2c(F)ccc(C(F)CCNS(=O)O)c2F)cc2c(N3CCOCC3)nc(-c3ccc(N)nc3)nc12. The number of aromatic nitrogens is 3. The topological polar surface area (TPSA) is 136 Å². The summed E-state index contributed by atoms with van der Waals surface area (Å²) >= 11 is -2.34. The van der Waals surface area contributed by atoms with Crippen LogP contribution in [0.2, 0.25) is 0 Å². The molecule has 1 aliphatic rings.